The number of nitrogens with one attached hydrogen (secondary N) is 2. The van der Waals surface area contributed by atoms with E-state index in [1.807, 2.05) is 0 Å². The van der Waals surface area contributed by atoms with Crippen molar-refractivity contribution in [2.24, 2.45) is 0 Å². The van der Waals surface area contributed by atoms with Crippen molar-refractivity contribution in [2.45, 2.75) is 6.54 Å². The summed E-state index contributed by atoms with van der Waals surface area (Å²) in [5.41, 5.74) is 0.666. The highest BCUT2D eigenvalue weighted by atomic mass is 19.1. The minimum absolute atomic E-state index is 0.0268. The van der Waals surface area contributed by atoms with Crippen LogP contribution in [0.4, 0.5) is 24.7 Å². The lowest BCUT2D eigenvalue weighted by Gasteiger charge is -2.08. The maximum atomic E-state index is 13.6. The molecule has 0 saturated carbocycles. The summed E-state index contributed by atoms with van der Waals surface area (Å²) < 4.78 is 39.3. The van der Waals surface area contributed by atoms with Crippen LogP contribution in [0.2, 0.25) is 0 Å². The van der Waals surface area contributed by atoms with Gasteiger partial charge < -0.3 is 10.6 Å². The first-order chi connectivity index (χ1) is 12.5. The molecule has 0 aliphatic rings. The van der Waals surface area contributed by atoms with Gasteiger partial charge in [0.1, 0.15) is 29.0 Å². The molecular formula is C18H13F3N4O. The number of nitrogens with zero attached hydrogens (tertiary/aromatic N) is 2. The third-order valence-corrected chi connectivity index (χ3v) is 3.45. The van der Waals surface area contributed by atoms with Gasteiger partial charge >= 0.3 is 0 Å². The molecule has 0 fully saturated rings. The number of amides is 1. The van der Waals surface area contributed by atoms with Gasteiger partial charge in [-0.25, -0.2) is 23.1 Å². The van der Waals surface area contributed by atoms with Gasteiger partial charge in [-0.2, -0.15) is 0 Å². The molecule has 0 saturated heterocycles. The van der Waals surface area contributed by atoms with Gasteiger partial charge in [0.15, 0.2) is 0 Å². The van der Waals surface area contributed by atoms with Crippen LogP contribution in [0.15, 0.2) is 54.9 Å². The van der Waals surface area contributed by atoms with Crippen LogP contribution in [0.25, 0.3) is 0 Å². The zero-order valence-electron chi connectivity index (χ0n) is 13.3. The Morgan fingerprint density at radius 1 is 0.923 bits per heavy atom. The number of hydrogen-bond donors (Lipinski definition) is 2. The van der Waals surface area contributed by atoms with Crippen molar-refractivity contribution in [3.05, 3.63) is 83.6 Å². The predicted molar refractivity (Wildman–Crippen MR) is 90.1 cm³/mol. The van der Waals surface area contributed by atoms with Crippen molar-refractivity contribution in [1.82, 2.24) is 9.97 Å². The molecule has 0 unspecified atom stereocenters. The van der Waals surface area contributed by atoms with E-state index < -0.39 is 17.5 Å². The minimum atomic E-state index is -0.885. The first kappa shape index (κ1) is 17.4. The molecule has 0 bridgehead atoms. The van der Waals surface area contributed by atoms with E-state index in [2.05, 4.69) is 20.6 Å². The molecule has 1 aromatic heterocycles. The van der Waals surface area contributed by atoms with E-state index in [1.54, 1.807) is 12.1 Å². The fraction of sp³-hybridized carbons (Fsp3) is 0.0556. The molecule has 3 aromatic rings. The third-order valence-electron chi connectivity index (χ3n) is 3.45. The molecule has 0 atom stereocenters. The van der Waals surface area contributed by atoms with Crippen molar-refractivity contribution in [2.75, 3.05) is 10.6 Å². The molecule has 2 aromatic carbocycles. The summed E-state index contributed by atoms with van der Waals surface area (Å²) in [4.78, 5) is 20.0. The first-order valence-electron chi connectivity index (χ1n) is 7.58. The van der Waals surface area contributed by atoms with Crippen molar-refractivity contribution in [3.8, 4) is 0 Å². The highest BCUT2D eigenvalue weighted by molar-refractivity contribution is 6.02. The summed E-state index contributed by atoms with van der Waals surface area (Å²) in [6, 6.07) is 8.80. The molecule has 0 spiro atoms. The van der Waals surface area contributed by atoms with E-state index in [1.165, 1.54) is 24.5 Å². The molecule has 0 radical (unpaired) electrons. The summed E-state index contributed by atoms with van der Waals surface area (Å²) in [7, 11) is 0. The van der Waals surface area contributed by atoms with Crippen molar-refractivity contribution >= 4 is 17.4 Å². The van der Waals surface area contributed by atoms with E-state index in [0.717, 1.165) is 17.7 Å². The Bertz CT molecular complexity index is 915. The molecule has 0 aliphatic carbocycles. The molecule has 132 valence electrons. The molecule has 1 amide bonds. The fourth-order valence-electron chi connectivity index (χ4n) is 2.11. The van der Waals surface area contributed by atoms with Crippen LogP contribution in [0.1, 0.15) is 16.1 Å². The van der Waals surface area contributed by atoms with E-state index in [-0.39, 0.29) is 17.2 Å². The SMILES string of the molecule is O=C(Nc1ccc(F)cc1F)c1cnc(NCc2ccc(F)cc2)cn1. The van der Waals surface area contributed by atoms with Gasteiger partial charge in [0.2, 0.25) is 0 Å². The average Bonchev–Trinajstić information content (AvgIpc) is 2.64. The smallest absolute Gasteiger partial charge is 0.275 e. The fourth-order valence-corrected chi connectivity index (χ4v) is 2.11. The number of halogens is 3. The van der Waals surface area contributed by atoms with E-state index >= 15 is 0 Å². The standard InChI is InChI=1S/C18H13F3N4O/c19-12-3-1-11(2-4-12)8-23-17-10-22-16(9-24-17)18(26)25-15-6-5-13(20)7-14(15)21/h1-7,9-10H,8H2,(H,23,24)(H,25,26). The molecule has 5 nitrogen and oxygen atoms in total. The second kappa shape index (κ2) is 7.64. The zero-order chi connectivity index (χ0) is 18.5. The number of hydrogen-bond acceptors (Lipinski definition) is 4. The van der Waals surface area contributed by atoms with E-state index in [0.29, 0.717) is 18.4 Å². The Hall–Kier alpha value is -3.42. The molecular weight excluding hydrogens is 345 g/mol. The summed E-state index contributed by atoms with van der Waals surface area (Å²) in [5.74, 6) is -2.20. The van der Waals surface area contributed by atoms with Crippen LogP contribution in [0, 0.1) is 17.5 Å². The van der Waals surface area contributed by atoms with Gasteiger partial charge in [0.25, 0.3) is 5.91 Å². The van der Waals surface area contributed by atoms with Crippen molar-refractivity contribution < 1.29 is 18.0 Å². The molecule has 3 rings (SSSR count). The largest absolute Gasteiger partial charge is 0.365 e. The Morgan fingerprint density at radius 3 is 2.31 bits per heavy atom. The summed E-state index contributed by atoms with van der Waals surface area (Å²) in [6.07, 6.45) is 2.57. The minimum Gasteiger partial charge on any atom is -0.365 e. The van der Waals surface area contributed by atoms with E-state index in [9.17, 15) is 18.0 Å². The molecule has 8 heteroatoms. The summed E-state index contributed by atoms with van der Waals surface area (Å²) >= 11 is 0. The van der Waals surface area contributed by atoms with Crippen LogP contribution >= 0.6 is 0 Å². The predicted octanol–water partition coefficient (Wildman–Crippen LogP) is 3.76. The Balaban J connectivity index is 1.61. The first-order valence-corrected chi connectivity index (χ1v) is 7.58. The molecule has 1 heterocycles. The lowest BCUT2D eigenvalue weighted by molar-refractivity contribution is 0.102. The van der Waals surface area contributed by atoms with Crippen molar-refractivity contribution in [1.29, 1.82) is 0 Å². The van der Waals surface area contributed by atoms with Crippen molar-refractivity contribution in [3.63, 3.8) is 0 Å². The molecule has 2 N–H and O–H groups in total. The lowest BCUT2D eigenvalue weighted by Crippen LogP contribution is -2.15. The number of carbonyl (C=O) groups is 1. The number of benzene rings is 2. The number of anilines is 2. The quantitative estimate of drug-likeness (QED) is 0.729. The van der Waals surface area contributed by atoms with Gasteiger partial charge in [-0.05, 0) is 29.8 Å². The van der Waals surface area contributed by atoms with Crippen LogP contribution in [-0.4, -0.2) is 15.9 Å². The number of carbonyl (C=O) groups excluding carboxylic acids is 1. The van der Waals surface area contributed by atoms with Gasteiger partial charge in [0.05, 0.1) is 18.1 Å². The maximum absolute atomic E-state index is 13.6. The van der Waals surface area contributed by atoms with Gasteiger partial charge in [0, 0.05) is 12.6 Å². The topological polar surface area (TPSA) is 66.9 Å². The number of aromatic nitrogens is 2. The Morgan fingerprint density at radius 2 is 1.65 bits per heavy atom. The van der Waals surface area contributed by atoms with Crippen LogP contribution in [-0.2, 0) is 6.54 Å². The zero-order valence-corrected chi connectivity index (χ0v) is 13.3. The van der Waals surface area contributed by atoms with Crippen LogP contribution < -0.4 is 10.6 Å². The lowest BCUT2D eigenvalue weighted by atomic mass is 10.2. The van der Waals surface area contributed by atoms with Gasteiger partial charge in [-0.15, -0.1) is 0 Å². The second-order valence-corrected chi connectivity index (χ2v) is 5.35. The van der Waals surface area contributed by atoms with Crippen LogP contribution in [0.3, 0.4) is 0 Å². The second-order valence-electron chi connectivity index (χ2n) is 5.35. The third kappa shape index (κ3) is 4.35. The molecule has 26 heavy (non-hydrogen) atoms. The normalized spacial score (nSPS) is 10.4. The van der Waals surface area contributed by atoms with Crippen LogP contribution in [0.5, 0.6) is 0 Å². The number of rotatable bonds is 5. The average molecular weight is 358 g/mol. The summed E-state index contributed by atoms with van der Waals surface area (Å²) in [5, 5.41) is 5.28. The highest BCUT2D eigenvalue weighted by Crippen LogP contribution is 2.16. The highest BCUT2D eigenvalue weighted by Gasteiger charge is 2.12. The molecule has 0 aliphatic heterocycles. The Kier molecular flexibility index (Phi) is 5.12. The maximum Gasteiger partial charge on any atom is 0.275 e. The summed E-state index contributed by atoms with van der Waals surface area (Å²) in [6.45, 7) is 0.404. The Labute approximate surface area is 146 Å². The van der Waals surface area contributed by atoms with Gasteiger partial charge in [-0.1, -0.05) is 12.1 Å². The van der Waals surface area contributed by atoms with Gasteiger partial charge in [-0.3, -0.25) is 4.79 Å². The monoisotopic (exact) mass is 358 g/mol. The van der Waals surface area contributed by atoms with E-state index in [4.69, 9.17) is 0 Å².